The third kappa shape index (κ3) is 1.65. The van der Waals surface area contributed by atoms with Crippen LogP contribution in [0.15, 0.2) is 0 Å². The minimum atomic E-state index is -0.332. The molecule has 52 valence electrons. The van der Waals surface area contributed by atoms with E-state index in [1.54, 1.807) is 4.90 Å². The van der Waals surface area contributed by atoms with Crippen molar-refractivity contribution in [3.8, 4) is 0 Å². The monoisotopic (exact) mass is 130 g/mol. The Hall–Kier alpha value is -0.610. The molecule has 1 aliphatic rings. The molecule has 0 aromatic carbocycles. The molecule has 1 rings (SSSR count). The van der Waals surface area contributed by atoms with Crippen LogP contribution >= 0.6 is 0 Å². The Morgan fingerprint density at radius 1 is 1.78 bits per heavy atom. The van der Waals surface area contributed by atoms with Crippen LogP contribution < -0.4 is 5.73 Å². The maximum absolute atomic E-state index is 10.2. The molecule has 4 heteroatoms. The van der Waals surface area contributed by atoms with E-state index in [-0.39, 0.29) is 18.6 Å². The number of carbonyl (C=O) groups is 1. The maximum atomic E-state index is 10.2. The van der Waals surface area contributed by atoms with Gasteiger partial charge in [0.1, 0.15) is 0 Å². The fourth-order valence-corrected chi connectivity index (χ4v) is 0.892. The van der Waals surface area contributed by atoms with Crippen LogP contribution in [0.3, 0.4) is 0 Å². The quantitative estimate of drug-likeness (QED) is 0.461. The number of hydrogen-bond acceptors (Lipinski definition) is 3. The minimum absolute atomic E-state index is 0.246. The van der Waals surface area contributed by atoms with Gasteiger partial charge in [0, 0.05) is 13.1 Å². The Morgan fingerprint density at radius 2 is 2.33 bits per heavy atom. The average Bonchev–Trinajstić information content (AvgIpc) is 1.60. The van der Waals surface area contributed by atoms with Crippen molar-refractivity contribution in [2.75, 3.05) is 19.6 Å². The maximum Gasteiger partial charge on any atom is 0.231 e. The summed E-state index contributed by atoms with van der Waals surface area (Å²) < 4.78 is 0. The highest BCUT2D eigenvalue weighted by Crippen LogP contribution is 2.04. The minimum Gasteiger partial charge on any atom is -0.390 e. The third-order valence-electron chi connectivity index (χ3n) is 1.32. The molecule has 0 aromatic heterocycles. The number of likely N-dealkylation sites (tertiary alicyclic amines) is 1. The molecule has 1 saturated heterocycles. The molecule has 1 amide bonds. The van der Waals surface area contributed by atoms with E-state index in [2.05, 4.69) is 0 Å². The molecule has 9 heavy (non-hydrogen) atoms. The number of primary amides is 1. The second-order valence-electron chi connectivity index (χ2n) is 2.31. The summed E-state index contributed by atoms with van der Waals surface area (Å²) in [6.45, 7) is 1.45. The van der Waals surface area contributed by atoms with E-state index in [0.717, 1.165) is 0 Å². The van der Waals surface area contributed by atoms with Crippen LogP contribution in [0.4, 0.5) is 0 Å². The van der Waals surface area contributed by atoms with Crippen LogP contribution in [-0.2, 0) is 4.79 Å². The molecule has 0 spiro atoms. The Morgan fingerprint density at radius 3 is 2.67 bits per heavy atom. The predicted octanol–water partition coefficient (Wildman–Crippen LogP) is -1.85. The smallest absolute Gasteiger partial charge is 0.231 e. The largest absolute Gasteiger partial charge is 0.390 e. The second-order valence-corrected chi connectivity index (χ2v) is 2.31. The first-order valence-corrected chi connectivity index (χ1v) is 2.87. The van der Waals surface area contributed by atoms with E-state index in [4.69, 9.17) is 10.8 Å². The zero-order valence-electron chi connectivity index (χ0n) is 5.08. The first-order valence-electron chi connectivity index (χ1n) is 2.87. The molecular formula is C5H10N2O2. The van der Waals surface area contributed by atoms with E-state index in [9.17, 15) is 4.79 Å². The number of nitrogens with zero attached hydrogens (tertiary/aromatic N) is 1. The average molecular weight is 130 g/mol. The van der Waals surface area contributed by atoms with Gasteiger partial charge in [0.2, 0.25) is 5.91 Å². The fraction of sp³-hybridized carbons (Fsp3) is 0.800. The van der Waals surface area contributed by atoms with Gasteiger partial charge in [0.05, 0.1) is 12.6 Å². The van der Waals surface area contributed by atoms with E-state index in [0.29, 0.717) is 13.1 Å². The van der Waals surface area contributed by atoms with Crippen LogP contribution in [0.25, 0.3) is 0 Å². The zero-order chi connectivity index (χ0) is 6.85. The molecule has 1 heterocycles. The number of aliphatic hydroxyl groups is 1. The summed E-state index contributed by atoms with van der Waals surface area (Å²) in [6, 6.07) is 0. The van der Waals surface area contributed by atoms with Crippen molar-refractivity contribution in [3.05, 3.63) is 0 Å². The number of amides is 1. The van der Waals surface area contributed by atoms with Gasteiger partial charge in [-0.1, -0.05) is 0 Å². The van der Waals surface area contributed by atoms with Crippen molar-refractivity contribution in [2.45, 2.75) is 6.10 Å². The molecule has 4 nitrogen and oxygen atoms in total. The lowest BCUT2D eigenvalue weighted by molar-refractivity contribution is -0.121. The summed E-state index contributed by atoms with van der Waals surface area (Å²) in [4.78, 5) is 12.0. The van der Waals surface area contributed by atoms with Gasteiger partial charge in [-0.2, -0.15) is 0 Å². The van der Waals surface area contributed by atoms with Gasteiger partial charge in [-0.15, -0.1) is 0 Å². The molecule has 1 aliphatic heterocycles. The van der Waals surface area contributed by atoms with Gasteiger partial charge in [-0.05, 0) is 0 Å². The Balaban J connectivity index is 2.11. The van der Waals surface area contributed by atoms with Gasteiger partial charge in [-0.3, -0.25) is 9.69 Å². The van der Waals surface area contributed by atoms with Crippen LogP contribution in [0.1, 0.15) is 0 Å². The van der Waals surface area contributed by atoms with Gasteiger partial charge in [-0.25, -0.2) is 0 Å². The summed E-state index contributed by atoms with van der Waals surface area (Å²) in [5.41, 5.74) is 4.89. The summed E-state index contributed by atoms with van der Waals surface area (Å²) in [7, 11) is 0. The molecule has 0 aromatic rings. The number of nitrogens with two attached hydrogens (primary N) is 1. The van der Waals surface area contributed by atoms with Crippen molar-refractivity contribution < 1.29 is 9.90 Å². The Labute approximate surface area is 53.2 Å². The summed E-state index contributed by atoms with van der Waals surface area (Å²) >= 11 is 0. The third-order valence-corrected chi connectivity index (χ3v) is 1.32. The first-order chi connectivity index (χ1) is 4.18. The van der Waals surface area contributed by atoms with Crippen LogP contribution in [0.5, 0.6) is 0 Å². The van der Waals surface area contributed by atoms with Gasteiger partial charge < -0.3 is 10.8 Å². The number of rotatable bonds is 2. The highest BCUT2D eigenvalue weighted by Gasteiger charge is 2.24. The van der Waals surface area contributed by atoms with Crippen molar-refractivity contribution in [1.29, 1.82) is 0 Å². The van der Waals surface area contributed by atoms with Gasteiger partial charge in [0.15, 0.2) is 0 Å². The van der Waals surface area contributed by atoms with E-state index >= 15 is 0 Å². The first kappa shape index (κ1) is 6.51. The van der Waals surface area contributed by atoms with Gasteiger partial charge >= 0.3 is 0 Å². The predicted molar refractivity (Wildman–Crippen MR) is 31.6 cm³/mol. The Kier molecular flexibility index (Phi) is 1.68. The van der Waals surface area contributed by atoms with Crippen molar-refractivity contribution in [3.63, 3.8) is 0 Å². The number of hydrogen-bond donors (Lipinski definition) is 2. The number of carbonyl (C=O) groups excluding carboxylic acids is 1. The lowest BCUT2D eigenvalue weighted by Crippen LogP contribution is -2.53. The van der Waals surface area contributed by atoms with Crippen molar-refractivity contribution in [1.82, 2.24) is 4.90 Å². The Bertz CT molecular complexity index is 120. The van der Waals surface area contributed by atoms with Gasteiger partial charge in [0.25, 0.3) is 0 Å². The van der Waals surface area contributed by atoms with Crippen molar-refractivity contribution >= 4 is 5.91 Å². The van der Waals surface area contributed by atoms with Crippen LogP contribution in [0.2, 0.25) is 0 Å². The standard InChI is InChI=1S/C5H10N2O2/c6-5(9)3-7-1-4(8)2-7/h4,8H,1-3H2,(H2,6,9). The van der Waals surface area contributed by atoms with E-state index in [1.807, 2.05) is 0 Å². The normalized spacial score (nSPS) is 21.4. The van der Waals surface area contributed by atoms with E-state index < -0.39 is 0 Å². The molecule has 0 unspecified atom stereocenters. The molecule has 0 bridgehead atoms. The lowest BCUT2D eigenvalue weighted by atomic mass is 10.2. The summed E-state index contributed by atoms with van der Waals surface area (Å²) in [5, 5.41) is 8.74. The molecule has 1 fully saturated rings. The molecular weight excluding hydrogens is 120 g/mol. The fourth-order valence-electron chi connectivity index (χ4n) is 0.892. The highest BCUT2D eigenvalue weighted by molar-refractivity contribution is 5.76. The molecule has 3 N–H and O–H groups in total. The zero-order valence-corrected chi connectivity index (χ0v) is 5.08. The molecule has 0 saturated carbocycles. The lowest BCUT2D eigenvalue weighted by Gasteiger charge is -2.34. The molecule has 0 atom stereocenters. The number of aliphatic hydroxyl groups excluding tert-OH is 1. The van der Waals surface area contributed by atoms with Crippen LogP contribution in [0, 0.1) is 0 Å². The number of β-amino-alcohol motifs (C(OH)–C–C–N with tert-alkyl or cyclic N) is 1. The molecule has 0 aliphatic carbocycles. The summed E-state index contributed by atoms with van der Waals surface area (Å²) in [6.07, 6.45) is -0.246. The topological polar surface area (TPSA) is 66.6 Å². The summed E-state index contributed by atoms with van der Waals surface area (Å²) in [5.74, 6) is -0.332. The highest BCUT2D eigenvalue weighted by atomic mass is 16.3. The van der Waals surface area contributed by atoms with Crippen LogP contribution in [-0.4, -0.2) is 41.7 Å². The molecule has 0 radical (unpaired) electrons. The van der Waals surface area contributed by atoms with Crippen molar-refractivity contribution in [2.24, 2.45) is 5.73 Å². The SMILES string of the molecule is NC(=O)CN1CC(O)C1. The van der Waals surface area contributed by atoms with E-state index in [1.165, 1.54) is 0 Å². The second kappa shape index (κ2) is 2.33.